The largest absolute Gasteiger partial charge is 0.480 e. The zero-order valence-electron chi connectivity index (χ0n) is 18.7. The Morgan fingerprint density at radius 2 is 1.76 bits per heavy atom. The summed E-state index contributed by atoms with van der Waals surface area (Å²) in [5.41, 5.74) is 1.61. The molecule has 0 aliphatic carbocycles. The molecule has 3 rings (SSSR count). The highest BCUT2D eigenvalue weighted by molar-refractivity contribution is 6.05. The fourth-order valence-electron chi connectivity index (χ4n) is 2.86. The van der Waals surface area contributed by atoms with Crippen molar-refractivity contribution in [3.8, 4) is 0 Å². The molecular weight excluding hydrogens is 438 g/mol. The third-order valence-electron chi connectivity index (χ3n) is 4.44. The van der Waals surface area contributed by atoms with Crippen molar-refractivity contribution < 1.29 is 28.7 Å². The summed E-state index contributed by atoms with van der Waals surface area (Å²) in [5.74, 6) is -1.01. The summed E-state index contributed by atoms with van der Waals surface area (Å²) in [6, 6.07) is 17.7. The van der Waals surface area contributed by atoms with Crippen molar-refractivity contribution in [2.75, 3.05) is 17.2 Å². The number of nitrogens with one attached hydrogen (secondary N) is 3. The molecular formula is C25H27N3O6. The number of aliphatic carboxylic acids is 1. The molecule has 0 unspecified atom stereocenters. The Hall–Kier alpha value is -4.40. The van der Waals surface area contributed by atoms with Gasteiger partial charge in [-0.15, -0.1) is 0 Å². The van der Waals surface area contributed by atoms with Crippen LogP contribution < -0.4 is 16.0 Å². The molecule has 9 heteroatoms. The van der Waals surface area contributed by atoms with Crippen molar-refractivity contribution in [2.45, 2.75) is 26.3 Å². The first kappa shape index (κ1) is 25.9. The van der Waals surface area contributed by atoms with Gasteiger partial charge in [-0.25, -0.2) is 0 Å². The lowest BCUT2D eigenvalue weighted by Crippen LogP contribution is -2.30. The van der Waals surface area contributed by atoms with Crippen molar-refractivity contribution in [3.05, 3.63) is 83.8 Å². The zero-order chi connectivity index (χ0) is 24.8. The number of para-hydroxylation sites is 1. The number of hydrogen-bond acceptors (Lipinski definition) is 6. The second kappa shape index (κ2) is 13.9. The first-order chi connectivity index (χ1) is 16.4. The summed E-state index contributed by atoms with van der Waals surface area (Å²) < 4.78 is 5.18. The molecule has 1 aromatic heterocycles. The predicted octanol–water partition coefficient (Wildman–Crippen LogP) is 3.94. The average molecular weight is 466 g/mol. The van der Waals surface area contributed by atoms with Crippen LogP contribution in [-0.2, 0) is 16.1 Å². The Morgan fingerprint density at radius 3 is 2.38 bits per heavy atom. The second-order valence-electron chi connectivity index (χ2n) is 7.06. The lowest BCUT2D eigenvalue weighted by atomic mass is 10.1. The standard InChI is InChI=1S/C15H14N2O5.C10H13NO/c18-9-12-11(15(21)17-8-14(19)20)4-1-5-13(12)16-7-10-3-2-6-22-10;1-2-6-10(12)11-9-7-4-3-5-8-9/h1-6,9,16H,7-8H2,(H,17,21)(H,19,20);3-5,7-8H,2,6H2,1H3,(H,11,12). The van der Waals surface area contributed by atoms with Gasteiger partial charge in [-0.2, -0.15) is 0 Å². The summed E-state index contributed by atoms with van der Waals surface area (Å²) in [4.78, 5) is 44.8. The molecule has 0 saturated heterocycles. The van der Waals surface area contributed by atoms with Crippen molar-refractivity contribution in [3.63, 3.8) is 0 Å². The molecule has 1 heterocycles. The third-order valence-corrected chi connectivity index (χ3v) is 4.44. The summed E-state index contributed by atoms with van der Waals surface area (Å²) in [6.45, 7) is 1.83. The number of rotatable bonds is 10. The number of hydrogen-bond donors (Lipinski definition) is 4. The van der Waals surface area contributed by atoms with Gasteiger partial charge in [-0.3, -0.25) is 19.2 Å². The van der Waals surface area contributed by atoms with Crippen molar-refractivity contribution in [2.24, 2.45) is 0 Å². The molecule has 0 radical (unpaired) electrons. The number of anilines is 2. The van der Waals surface area contributed by atoms with Crippen LogP contribution >= 0.6 is 0 Å². The van der Waals surface area contributed by atoms with Gasteiger partial charge in [0.2, 0.25) is 5.91 Å². The molecule has 0 fully saturated rings. The van der Waals surface area contributed by atoms with E-state index in [0.717, 1.165) is 12.1 Å². The van der Waals surface area contributed by atoms with Crippen LogP contribution in [-0.4, -0.2) is 35.7 Å². The topological polar surface area (TPSA) is 138 Å². The second-order valence-corrected chi connectivity index (χ2v) is 7.06. The van der Waals surface area contributed by atoms with Gasteiger partial charge in [0.25, 0.3) is 5.91 Å². The molecule has 0 aliphatic rings. The van der Waals surface area contributed by atoms with Gasteiger partial charge in [-0.05, 0) is 42.8 Å². The van der Waals surface area contributed by atoms with Crippen LogP contribution in [0, 0.1) is 0 Å². The van der Waals surface area contributed by atoms with Crippen molar-refractivity contribution in [1.82, 2.24) is 5.32 Å². The molecule has 34 heavy (non-hydrogen) atoms. The Bertz CT molecular complexity index is 1080. The quantitative estimate of drug-likeness (QED) is 0.333. The molecule has 0 atom stereocenters. The highest BCUT2D eigenvalue weighted by Gasteiger charge is 2.15. The van der Waals surface area contributed by atoms with Crippen LogP contribution in [0.4, 0.5) is 11.4 Å². The van der Waals surface area contributed by atoms with Crippen LogP contribution in [0.3, 0.4) is 0 Å². The maximum absolute atomic E-state index is 11.9. The maximum atomic E-state index is 11.9. The van der Waals surface area contributed by atoms with E-state index in [0.29, 0.717) is 30.7 Å². The summed E-state index contributed by atoms with van der Waals surface area (Å²) >= 11 is 0. The van der Waals surface area contributed by atoms with Crippen LogP contribution in [0.5, 0.6) is 0 Å². The number of carboxylic acids is 1. The van der Waals surface area contributed by atoms with Crippen LogP contribution in [0.1, 0.15) is 46.2 Å². The fourth-order valence-corrected chi connectivity index (χ4v) is 2.86. The number of aldehydes is 1. The van der Waals surface area contributed by atoms with Crippen LogP contribution in [0.15, 0.2) is 71.3 Å². The van der Waals surface area contributed by atoms with E-state index in [4.69, 9.17) is 9.52 Å². The summed E-state index contributed by atoms with van der Waals surface area (Å²) in [5, 5.41) is 16.6. The number of furan rings is 1. The van der Waals surface area contributed by atoms with E-state index in [1.807, 2.05) is 37.3 Å². The minimum absolute atomic E-state index is 0.0868. The molecule has 0 bridgehead atoms. The van der Waals surface area contributed by atoms with Crippen LogP contribution in [0.25, 0.3) is 0 Å². The van der Waals surface area contributed by atoms with E-state index in [1.54, 1.807) is 24.3 Å². The monoisotopic (exact) mass is 465 g/mol. The van der Waals surface area contributed by atoms with E-state index in [9.17, 15) is 19.2 Å². The van der Waals surface area contributed by atoms with Crippen LogP contribution in [0.2, 0.25) is 0 Å². The van der Waals surface area contributed by atoms with Gasteiger partial charge >= 0.3 is 5.97 Å². The van der Waals surface area contributed by atoms with E-state index >= 15 is 0 Å². The predicted molar refractivity (Wildman–Crippen MR) is 128 cm³/mol. The number of amides is 2. The third kappa shape index (κ3) is 8.62. The van der Waals surface area contributed by atoms with Gasteiger partial charge in [0.15, 0.2) is 6.29 Å². The normalized spacial score (nSPS) is 9.79. The van der Waals surface area contributed by atoms with Crippen molar-refractivity contribution >= 4 is 35.4 Å². The van der Waals surface area contributed by atoms with Gasteiger partial charge in [0.1, 0.15) is 12.3 Å². The molecule has 0 saturated carbocycles. The van der Waals surface area contributed by atoms with Gasteiger partial charge < -0.3 is 25.5 Å². The molecule has 178 valence electrons. The fraction of sp³-hybridized carbons (Fsp3) is 0.200. The maximum Gasteiger partial charge on any atom is 0.322 e. The minimum atomic E-state index is -1.16. The van der Waals surface area contributed by atoms with Gasteiger partial charge in [0.05, 0.1) is 23.9 Å². The molecule has 3 aromatic rings. The van der Waals surface area contributed by atoms with Crippen molar-refractivity contribution in [1.29, 1.82) is 0 Å². The lowest BCUT2D eigenvalue weighted by Gasteiger charge is -2.11. The molecule has 0 aliphatic heterocycles. The molecule has 2 amide bonds. The average Bonchev–Trinajstić information content (AvgIpc) is 3.36. The highest BCUT2D eigenvalue weighted by atomic mass is 16.4. The lowest BCUT2D eigenvalue weighted by molar-refractivity contribution is -0.135. The number of carbonyl (C=O) groups is 4. The minimum Gasteiger partial charge on any atom is -0.480 e. The van der Waals surface area contributed by atoms with E-state index in [1.165, 1.54) is 12.3 Å². The zero-order valence-corrected chi connectivity index (χ0v) is 18.7. The summed E-state index contributed by atoms with van der Waals surface area (Å²) in [7, 11) is 0. The first-order valence-electron chi connectivity index (χ1n) is 10.6. The molecule has 9 nitrogen and oxygen atoms in total. The highest BCUT2D eigenvalue weighted by Crippen LogP contribution is 2.19. The van der Waals surface area contributed by atoms with Gasteiger partial charge in [-0.1, -0.05) is 31.2 Å². The summed E-state index contributed by atoms with van der Waals surface area (Å²) in [6.07, 6.45) is 3.57. The number of benzene rings is 2. The molecule has 2 aromatic carbocycles. The van der Waals surface area contributed by atoms with E-state index in [2.05, 4.69) is 16.0 Å². The number of carboxylic acid groups (broad SMARTS) is 1. The smallest absolute Gasteiger partial charge is 0.322 e. The number of carbonyl (C=O) groups excluding carboxylic acids is 3. The van der Waals surface area contributed by atoms with Gasteiger partial charge in [0, 0.05) is 17.8 Å². The Balaban J connectivity index is 0.000000287. The SMILES string of the molecule is CCCC(=O)Nc1ccccc1.O=Cc1c(NCc2ccco2)cccc1C(=O)NCC(=O)O. The Kier molecular flexibility index (Phi) is 10.6. The molecule has 4 N–H and O–H groups in total. The Labute approximate surface area is 197 Å². The Morgan fingerprint density at radius 1 is 1.00 bits per heavy atom. The molecule has 0 spiro atoms. The van der Waals surface area contributed by atoms with E-state index < -0.39 is 18.4 Å². The van der Waals surface area contributed by atoms with E-state index in [-0.39, 0.29) is 17.0 Å². The first-order valence-corrected chi connectivity index (χ1v) is 10.6.